The van der Waals surface area contributed by atoms with Crippen LogP contribution in [0.1, 0.15) is 27.7 Å². The van der Waals surface area contributed by atoms with Crippen molar-refractivity contribution in [3.8, 4) is 0 Å². The van der Waals surface area contributed by atoms with Gasteiger partial charge in [-0.05, 0) is 83.9 Å². The van der Waals surface area contributed by atoms with Gasteiger partial charge in [0, 0.05) is 34.6 Å². The van der Waals surface area contributed by atoms with E-state index in [1.165, 1.54) is 0 Å². The van der Waals surface area contributed by atoms with Crippen LogP contribution in [0.15, 0.2) is 10.5 Å². The number of ether oxygens (including phenoxy) is 1. The van der Waals surface area contributed by atoms with Gasteiger partial charge in [0.05, 0.1) is 4.47 Å². The van der Waals surface area contributed by atoms with E-state index in [4.69, 9.17) is 16.3 Å². The predicted molar refractivity (Wildman–Crippen MR) is 120 cm³/mol. The highest BCUT2D eigenvalue weighted by atomic mass is 127. The van der Waals surface area contributed by atoms with Crippen LogP contribution in [-0.4, -0.2) is 52.2 Å². The summed E-state index contributed by atoms with van der Waals surface area (Å²) in [6.07, 6.45) is -0.339. The smallest absolute Gasteiger partial charge is 0.410 e. The van der Waals surface area contributed by atoms with Crippen molar-refractivity contribution in [1.29, 1.82) is 0 Å². The molecule has 3 rings (SSSR count). The molecule has 0 bridgehead atoms. The summed E-state index contributed by atoms with van der Waals surface area (Å²) < 4.78 is 21.3. The molecule has 2 aromatic rings. The van der Waals surface area contributed by atoms with Gasteiger partial charge in [0.2, 0.25) is 5.28 Å². The number of carbonyl (C=O) groups is 1. The third-order valence-corrected chi connectivity index (χ3v) is 6.87. The minimum Gasteiger partial charge on any atom is -0.444 e. The van der Waals surface area contributed by atoms with E-state index in [0.29, 0.717) is 35.3 Å². The first kappa shape index (κ1) is 21.8. The minimum absolute atomic E-state index is 0.0173. The topological polar surface area (TPSA) is 58.6 Å². The van der Waals surface area contributed by atoms with Crippen LogP contribution < -0.4 is 4.90 Å². The van der Waals surface area contributed by atoms with E-state index in [0.717, 1.165) is 3.57 Å². The molecule has 0 radical (unpaired) electrons. The number of nitrogens with zero attached hydrogens (tertiary/aromatic N) is 4. The summed E-state index contributed by atoms with van der Waals surface area (Å²) in [7, 11) is 0. The van der Waals surface area contributed by atoms with Crippen molar-refractivity contribution in [3.63, 3.8) is 0 Å². The molecule has 0 N–H and O–H groups in total. The van der Waals surface area contributed by atoms with Gasteiger partial charge < -0.3 is 14.5 Å². The summed E-state index contributed by atoms with van der Waals surface area (Å²) in [6.45, 7) is 8.97. The second-order valence-corrected chi connectivity index (χ2v) is 9.96. The zero-order valence-corrected chi connectivity index (χ0v) is 20.4. The van der Waals surface area contributed by atoms with Gasteiger partial charge in [0.15, 0.2) is 5.82 Å². The van der Waals surface area contributed by atoms with Crippen molar-refractivity contribution in [2.45, 2.75) is 39.3 Å². The maximum Gasteiger partial charge on any atom is 0.410 e. The molecule has 0 unspecified atom stereocenters. The highest BCUT2D eigenvalue weighted by Gasteiger charge is 2.32. The maximum absolute atomic E-state index is 14.7. The van der Waals surface area contributed by atoms with E-state index in [-0.39, 0.29) is 22.9 Å². The first-order valence-corrected chi connectivity index (χ1v) is 11.0. The molecule has 152 valence electrons. The molecule has 2 heterocycles. The van der Waals surface area contributed by atoms with Crippen molar-refractivity contribution < 1.29 is 13.9 Å². The van der Waals surface area contributed by atoms with Crippen LogP contribution in [0.25, 0.3) is 10.9 Å². The van der Waals surface area contributed by atoms with Gasteiger partial charge in [0.1, 0.15) is 16.9 Å². The third kappa shape index (κ3) is 4.46. The van der Waals surface area contributed by atoms with Crippen LogP contribution in [-0.2, 0) is 4.74 Å². The number of amides is 1. The van der Waals surface area contributed by atoms with E-state index in [1.54, 1.807) is 4.90 Å². The molecule has 1 aliphatic heterocycles. The van der Waals surface area contributed by atoms with Crippen LogP contribution in [0.4, 0.5) is 15.0 Å². The summed E-state index contributed by atoms with van der Waals surface area (Å²) in [5, 5.41) is 0.573. The molecular weight excluding hydrogens is 565 g/mol. The Labute approximate surface area is 190 Å². The fraction of sp³-hybridized carbons (Fsp3) is 0.500. The number of piperazine rings is 1. The number of fused-ring (bicyclic) bond motifs is 1. The van der Waals surface area contributed by atoms with Gasteiger partial charge in [-0.2, -0.15) is 4.98 Å². The third-order valence-electron chi connectivity index (χ3n) is 4.33. The Morgan fingerprint density at radius 2 is 2.07 bits per heavy atom. The molecule has 10 heteroatoms. The van der Waals surface area contributed by atoms with Gasteiger partial charge in [0.25, 0.3) is 0 Å². The average molecular weight is 586 g/mol. The Kier molecular flexibility index (Phi) is 6.26. The lowest BCUT2D eigenvalue weighted by molar-refractivity contribution is 0.0218. The molecule has 1 amide bonds. The highest BCUT2D eigenvalue weighted by molar-refractivity contribution is 14.1. The summed E-state index contributed by atoms with van der Waals surface area (Å²) in [6, 6.07) is 1.78. The number of rotatable bonds is 1. The van der Waals surface area contributed by atoms with Gasteiger partial charge in [-0.15, -0.1) is 0 Å². The minimum atomic E-state index is -0.546. The largest absolute Gasteiger partial charge is 0.444 e. The molecular formula is C18H20BrClFIN4O2. The predicted octanol–water partition coefficient (Wildman–Crippen LogP) is 5.24. The lowest BCUT2D eigenvalue weighted by Gasteiger charge is -2.41. The molecule has 1 aliphatic rings. The molecule has 1 aromatic carbocycles. The van der Waals surface area contributed by atoms with Gasteiger partial charge >= 0.3 is 6.09 Å². The number of benzene rings is 1. The molecule has 28 heavy (non-hydrogen) atoms. The van der Waals surface area contributed by atoms with Crippen LogP contribution in [0.5, 0.6) is 0 Å². The van der Waals surface area contributed by atoms with Crippen LogP contribution in [0, 0.1) is 9.39 Å². The van der Waals surface area contributed by atoms with Gasteiger partial charge in [-0.3, -0.25) is 0 Å². The molecule has 0 spiro atoms. The highest BCUT2D eigenvalue weighted by Crippen LogP contribution is 2.35. The first-order valence-electron chi connectivity index (χ1n) is 8.73. The number of aromatic nitrogens is 2. The number of hydrogen-bond donors (Lipinski definition) is 0. The van der Waals surface area contributed by atoms with Crippen LogP contribution >= 0.6 is 50.1 Å². The molecule has 1 aromatic heterocycles. The summed E-state index contributed by atoms with van der Waals surface area (Å²) in [5.74, 6) is 0.100. The molecule has 1 atom stereocenters. The summed E-state index contributed by atoms with van der Waals surface area (Å²) in [4.78, 5) is 24.5. The fourth-order valence-electron chi connectivity index (χ4n) is 3.11. The fourth-order valence-corrected chi connectivity index (χ4v) is 4.13. The Morgan fingerprint density at radius 1 is 1.39 bits per heavy atom. The number of halogens is 4. The normalized spacial score (nSPS) is 17.9. The zero-order chi connectivity index (χ0) is 20.8. The Morgan fingerprint density at radius 3 is 2.68 bits per heavy atom. The average Bonchev–Trinajstić information content (AvgIpc) is 2.58. The molecule has 1 saturated heterocycles. The quantitative estimate of drug-likeness (QED) is 0.261. The number of hydrogen-bond acceptors (Lipinski definition) is 5. The van der Waals surface area contributed by atoms with E-state index in [1.807, 2.05) is 38.7 Å². The second-order valence-electron chi connectivity index (χ2n) is 7.67. The molecule has 0 saturated carbocycles. The summed E-state index contributed by atoms with van der Waals surface area (Å²) >= 11 is 11.4. The van der Waals surface area contributed by atoms with Crippen molar-refractivity contribution in [1.82, 2.24) is 14.9 Å². The lowest BCUT2D eigenvalue weighted by Crippen LogP contribution is -2.54. The van der Waals surface area contributed by atoms with Crippen LogP contribution in [0.3, 0.4) is 0 Å². The first-order chi connectivity index (χ1) is 13.0. The monoisotopic (exact) mass is 584 g/mol. The second kappa shape index (κ2) is 8.06. The number of carbonyl (C=O) groups excluding carboxylic acids is 1. The Balaban J connectivity index is 1.93. The van der Waals surface area contributed by atoms with E-state index in [9.17, 15) is 9.18 Å². The van der Waals surface area contributed by atoms with E-state index in [2.05, 4.69) is 48.5 Å². The van der Waals surface area contributed by atoms with Gasteiger partial charge in [-0.1, -0.05) is 0 Å². The SMILES string of the molecule is C[C@H]1CN(C(=O)OC(C)(C)C)CCN1c1nc(Cl)nc2c(F)c(Br)c(I)cc12. The van der Waals surface area contributed by atoms with E-state index >= 15 is 0 Å². The Bertz CT molecular complexity index is 940. The standard InChI is InChI=1S/C18H20BrClFIN4O2/c1-9-8-25(17(27)28-18(2,3)4)5-6-26(9)15-10-7-11(22)12(19)13(21)14(10)23-16(20)24-15/h7,9H,5-6,8H2,1-4H3/t9-/m0/s1. The van der Waals surface area contributed by atoms with Crippen molar-refractivity contribution >= 4 is 72.9 Å². The van der Waals surface area contributed by atoms with Crippen molar-refractivity contribution in [2.24, 2.45) is 0 Å². The maximum atomic E-state index is 14.7. The number of anilines is 1. The summed E-state index contributed by atoms with van der Waals surface area (Å²) in [5.41, 5.74) is -0.376. The molecule has 0 aliphatic carbocycles. The lowest BCUT2D eigenvalue weighted by atomic mass is 10.1. The molecule has 1 fully saturated rings. The van der Waals surface area contributed by atoms with Crippen LogP contribution in [0.2, 0.25) is 5.28 Å². The Hall–Kier alpha value is -0.940. The zero-order valence-electron chi connectivity index (χ0n) is 15.9. The van der Waals surface area contributed by atoms with Gasteiger partial charge in [-0.25, -0.2) is 14.2 Å². The van der Waals surface area contributed by atoms with E-state index < -0.39 is 11.4 Å². The van der Waals surface area contributed by atoms with Crippen molar-refractivity contribution in [3.05, 3.63) is 25.2 Å². The molecule has 6 nitrogen and oxygen atoms in total. The van der Waals surface area contributed by atoms with Crippen molar-refractivity contribution in [2.75, 3.05) is 24.5 Å².